The quantitative estimate of drug-likeness (QED) is 0.197. The fraction of sp³-hybridized carbons (Fsp3) is 0.208. The van der Waals surface area contributed by atoms with Gasteiger partial charge < -0.3 is 9.47 Å². The smallest absolute Gasteiger partial charge is 0.0557 e. The average Bonchev–Trinajstić information content (AvgIpc) is 3.83. The van der Waals surface area contributed by atoms with E-state index in [2.05, 4.69) is 150 Å². The summed E-state index contributed by atoms with van der Waals surface area (Å²) >= 11 is 1.92. The van der Waals surface area contributed by atoms with Crippen LogP contribution in [0.2, 0.25) is 0 Å². The van der Waals surface area contributed by atoms with E-state index in [4.69, 9.17) is 0 Å². The molecule has 2 nitrogen and oxygen atoms in total. The standard InChI is InChI=1S/C48H42N2S/c1-32-39-15-9-16-42-40-13-5-7-17-45(40)50(48(39)42)44(32)18-10-30-49(38-28-29-47-43(31-38)41-14-6-8-19-46(41)51-47)37-26-24-36(25-27-37)35-22-20-34(21-23-35)33-11-3-2-4-12-33/h2-3,5-11,13-14,16-20,22,24,26,28-30,38-39H,1,4,12,15,21,23,25,27,31H2/b30-10+,44-18+. The van der Waals surface area contributed by atoms with Gasteiger partial charge in [0.15, 0.2) is 0 Å². The van der Waals surface area contributed by atoms with Gasteiger partial charge in [-0.05, 0) is 127 Å². The molecule has 2 atom stereocenters. The molecule has 2 aromatic carbocycles. The number of thiophene rings is 1. The van der Waals surface area contributed by atoms with Crippen LogP contribution in [0.4, 0.5) is 0 Å². The van der Waals surface area contributed by atoms with E-state index in [1.165, 1.54) is 94.8 Å². The Bertz CT molecular complexity index is 2450. The van der Waals surface area contributed by atoms with Crippen LogP contribution in [0.5, 0.6) is 0 Å². The maximum Gasteiger partial charge on any atom is 0.0557 e. The third kappa shape index (κ3) is 5.21. The first-order valence-corrected chi connectivity index (χ1v) is 19.5. The van der Waals surface area contributed by atoms with Crippen LogP contribution >= 0.6 is 11.3 Å². The maximum atomic E-state index is 4.65. The van der Waals surface area contributed by atoms with Gasteiger partial charge in [-0.3, -0.25) is 0 Å². The largest absolute Gasteiger partial charge is 0.344 e. The van der Waals surface area contributed by atoms with E-state index in [1.807, 2.05) is 11.3 Å². The van der Waals surface area contributed by atoms with Crippen LogP contribution in [0.3, 0.4) is 0 Å². The van der Waals surface area contributed by atoms with Gasteiger partial charge in [0, 0.05) is 49.7 Å². The minimum atomic E-state index is 0.254. The summed E-state index contributed by atoms with van der Waals surface area (Å²) in [6.45, 7) is 4.65. The van der Waals surface area contributed by atoms with E-state index >= 15 is 0 Å². The summed E-state index contributed by atoms with van der Waals surface area (Å²) < 4.78 is 3.86. The predicted molar refractivity (Wildman–Crippen MR) is 218 cm³/mol. The molecule has 6 aliphatic rings. The van der Waals surface area contributed by atoms with Gasteiger partial charge >= 0.3 is 0 Å². The van der Waals surface area contributed by atoms with Gasteiger partial charge in [-0.2, -0.15) is 0 Å². The number of benzene rings is 2. The highest BCUT2D eigenvalue weighted by atomic mass is 32.1. The highest BCUT2D eigenvalue weighted by Gasteiger charge is 2.35. The van der Waals surface area contributed by atoms with Crippen molar-refractivity contribution in [1.82, 2.24) is 9.47 Å². The molecule has 0 fully saturated rings. The third-order valence-corrected chi connectivity index (χ3v) is 13.0. The van der Waals surface area contributed by atoms with Crippen molar-refractivity contribution in [2.75, 3.05) is 0 Å². The molecule has 1 aliphatic heterocycles. The summed E-state index contributed by atoms with van der Waals surface area (Å²) in [6, 6.07) is 18.0. The molecule has 0 spiro atoms. The van der Waals surface area contributed by atoms with Gasteiger partial charge in [-0.25, -0.2) is 0 Å². The summed E-state index contributed by atoms with van der Waals surface area (Å²) in [4.78, 5) is 3.96. The predicted octanol–water partition coefficient (Wildman–Crippen LogP) is 12.7. The molecule has 0 saturated carbocycles. The van der Waals surface area contributed by atoms with E-state index < -0.39 is 0 Å². The zero-order valence-electron chi connectivity index (χ0n) is 29.0. The summed E-state index contributed by atoms with van der Waals surface area (Å²) in [5, 5.41) is 2.74. The molecule has 0 saturated heterocycles. The van der Waals surface area contributed by atoms with E-state index in [-0.39, 0.29) is 6.04 Å². The van der Waals surface area contributed by atoms with Crippen molar-refractivity contribution in [2.24, 2.45) is 0 Å². The fourth-order valence-corrected chi connectivity index (χ4v) is 10.4. The number of hydrogen-bond acceptors (Lipinski definition) is 2. The zero-order chi connectivity index (χ0) is 33.9. The van der Waals surface area contributed by atoms with Crippen molar-refractivity contribution in [3.8, 4) is 0 Å². The van der Waals surface area contributed by atoms with Crippen molar-refractivity contribution in [3.05, 3.63) is 183 Å². The molecule has 0 bridgehead atoms. The van der Waals surface area contributed by atoms with Gasteiger partial charge in [-0.1, -0.05) is 97.7 Å². The monoisotopic (exact) mass is 678 g/mol. The molecule has 3 heteroatoms. The second-order valence-corrected chi connectivity index (χ2v) is 15.7. The van der Waals surface area contributed by atoms with Crippen molar-refractivity contribution in [1.29, 1.82) is 0 Å². The van der Waals surface area contributed by atoms with Crippen LogP contribution in [0.25, 0.3) is 38.8 Å². The number of nitrogens with zero attached hydrogens (tertiary/aromatic N) is 2. The molecule has 4 aromatic rings. The Labute approximate surface area is 305 Å². The second-order valence-electron chi connectivity index (χ2n) is 14.6. The Kier molecular flexibility index (Phi) is 7.57. The number of rotatable bonds is 6. The first-order valence-electron chi connectivity index (χ1n) is 18.7. The first kappa shape index (κ1) is 30.7. The van der Waals surface area contributed by atoms with Gasteiger partial charge in [0.2, 0.25) is 0 Å². The van der Waals surface area contributed by atoms with Crippen LogP contribution < -0.4 is 0 Å². The van der Waals surface area contributed by atoms with E-state index in [1.54, 1.807) is 0 Å². The highest BCUT2D eigenvalue weighted by molar-refractivity contribution is 7.20. The summed E-state index contributed by atoms with van der Waals surface area (Å²) in [7, 11) is 0. The molecule has 250 valence electrons. The SMILES string of the molecule is C=C1/C(=C\C=C\N(C2=CC=C(C3=CC=C(C4=CC=CCC4)CC3)CC2)C2C=Cc3sc4ccccc4c3C2)n2c3c(c4ccccc42)C=CCC13. The Hall–Kier alpha value is -5.12. The molecular weight excluding hydrogens is 637 g/mol. The Balaban J connectivity index is 0.994. The van der Waals surface area contributed by atoms with E-state index in [0.717, 1.165) is 38.5 Å². The molecule has 5 aliphatic carbocycles. The number of aromatic nitrogens is 1. The van der Waals surface area contributed by atoms with Crippen molar-refractivity contribution in [3.63, 3.8) is 0 Å². The second kappa shape index (κ2) is 12.6. The van der Waals surface area contributed by atoms with Gasteiger partial charge in [0.05, 0.1) is 11.6 Å². The number of para-hydroxylation sites is 1. The number of allylic oxidation sites excluding steroid dienone is 17. The molecular formula is C48H42N2S. The zero-order valence-corrected chi connectivity index (χ0v) is 29.8. The average molecular weight is 679 g/mol. The summed E-state index contributed by atoms with van der Waals surface area (Å²) in [5.74, 6) is 0.348. The van der Waals surface area contributed by atoms with Crippen molar-refractivity contribution >= 4 is 50.2 Å². The lowest BCUT2D eigenvalue weighted by molar-refractivity contribution is 0.375. The number of hydrogen-bond donors (Lipinski definition) is 0. The molecule has 0 radical (unpaired) electrons. The first-order chi connectivity index (χ1) is 25.2. The topological polar surface area (TPSA) is 8.17 Å². The maximum absolute atomic E-state index is 4.65. The molecule has 0 N–H and O–H groups in total. The molecule has 10 rings (SSSR count). The van der Waals surface area contributed by atoms with E-state index in [0.29, 0.717) is 5.92 Å². The van der Waals surface area contributed by atoms with Crippen LogP contribution in [0.15, 0.2) is 162 Å². The minimum Gasteiger partial charge on any atom is -0.344 e. The summed E-state index contributed by atoms with van der Waals surface area (Å²) in [6.07, 6.45) is 41.6. The van der Waals surface area contributed by atoms with Crippen LogP contribution in [0, 0.1) is 0 Å². The lowest BCUT2D eigenvalue weighted by atomic mass is 9.84. The van der Waals surface area contributed by atoms with Gasteiger partial charge in [0.1, 0.15) is 0 Å². The van der Waals surface area contributed by atoms with Crippen LogP contribution in [0.1, 0.15) is 72.6 Å². The van der Waals surface area contributed by atoms with Crippen LogP contribution in [-0.2, 0) is 6.42 Å². The Morgan fingerprint density at radius 3 is 2.33 bits per heavy atom. The normalized spacial score (nSPS) is 23.0. The molecule has 51 heavy (non-hydrogen) atoms. The third-order valence-electron chi connectivity index (χ3n) is 11.8. The van der Waals surface area contributed by atoms with Gasteiger partial charge in [0.25, 0.3) is 0 Å². The number of fused-ring (bicyclic) bond motifs is 6. The minimum absolute atomic E-state index is 0.254. The van der Waals surface area contributed by atoms with Crippen LogP contribution in [-0.4, -0.2) is 15.5 Å². The summed E-state index contributed by atoms with van der Waals surface area (Å²) in [5.41, 5.74) is 15.4. The lowest BCUT2D eigenvalue weighted by Crippen LogP contribution is -2.32. The molecule has 2 unspecified atom stereocenters. The Morgan fingerprint density at radius 2 is 1.55 bits per heavy atom. The van der Waals surface area contributed by atoms with Crippen molar-refractivity contribution < 1.29 is 0 Å². The fourth-order valence-electron chi connectivity index (χ4n) is 9.23. The van der Waals surface area contributed by atoms with Crippen molar-refractivity contribution in [2.45, 2.75) is 63.3 Å². The molecule has 0 amide bonds. The van der Waals surface area contributed by atoms with Gasteiger partial charge in [-0.15, -0.1) is 11.3 Å². The lowest BCUT2D eigenvalue weighted by Gasteiger charge is -2.34. The van der Waals surface area contributed by atoms with E-state index in [9.17, 15) is 0 Å². The molecule has 3 heterocycles. The Morgan fingerprint density at radius 1 is 0.784 bits per heavy atom. The highest BCUT2D eigenvalue weighted by Crippen LogP contribution is 2.50. The molecule has 2 aromatic heterocycles.